The van der Waals surface area contributed by atoms with Crippen LogP contribution in [0.5, 0.6) is 5.75 Å². The number of hydrogen-bond donors (Lipinski definition) is 2. The second kappa shape index (κ2) is 5.83. The molecule has 0 spiro atoms. The number of anilines is 1. The van der Waals surface area contributed by atoms with Gasteiger partial charge in [-0.05, 0) is 38.1 Å². The number of rotatable bonds is 5. The van der Waals surface area contributed by atoms with Gasteiger partial charge in [0.15, 0.2) is 5.82 Å². The largest absolute Gasteiger partial charge is 0.489 e. The van der Waals surface area contributed by atoms with Crippen molar-refractivity contribution in [3.8, 4) is 5.75 Å². The molecule has 20 heavy (non-hydrogen) atoms. The van der Waals surface area contributed by atoms with Crippen molar-refractivity contribution in [3.63, 3.8) is 0 Å². The summed E-state index contributed by atoms with van der Waals surface area (Å²) in [6, 6.07) is 0.780. The number of aromatic amines is 1. The van der Waals surface area contributed by atoms with E-state index in [1.54, 1.807) is 0 Å². The molecule has 0 unspecified atom stereocenters. The van der Waals surface area contributed by atoms with Gasteiger partial charge in [-0.15, -0.1) is 0 Å². The summed E-state index contributed by atoms with van der Waals surface area (Å²) < 4.78 is 5.18. The molecule has 2 heterocycles. The first kappa shape index (κ1) is 13.4. The molecule has 2 aliphatic rings. The maximum atomic E-state index is 11.7. The van der Waals surface area contributed by atoms with E-state index in [0.717, 1.165) is 44.4 Å². The third-order valence-corrected chi connectivity index (χ3v) is 4.18. The molecule has 0 aromatic carbocycles. The quantitative estimate of drug-likeness (QED) is 0.831. The Morgan fingerprint density at radius 3 is 2.80 bits per heavy atom. The molecule has 1 aromatic heterocycles. The van der Waals surface area contributed by atoms with Gasteiger partial charge in [-0.1, -0.05) is 0 Å². The summed E-state index contributed by atoms with van der Waals surface area (Å²) in [6.45, 7) is 2.99. The van der Waals surface area contributed by atoms with E-state index in [2.05, 4.69) is 20.2 Å². The third-order valence-electron chi connectivity index (χ3n) is 4.18. The zero-order chi connectivity index (χ0) is 13.9. The van der Waals surface area contributed by atoms with Crippen molar-refractivity contribution in [3.05, 3.63) is 16.7 Å². The zero-order valence-electron chi connectivity index (χ0n) is 11.9. The highest BCUT2D eigenvalue weighted by molar-refractivity contribution is 5.50. The normalized spacial score (nSPS) is 20.1. The maximum Gasteiger partial charge on any atom is 0.295 e. The first-order chi connectivity index (χ1) is 9.78. The van der Waals surface area contributed by atoms with E-state index in [1.165, 1.54) is 26.3 Å². The maximum absolute atomic E-state index is 11.7. The molecule has 110 valence electrons. The van der Waals surface area contributed by atoms with E-state index in [0.29, 0.717) is 11.6 Å². The molecule has 0 atom stereocenters. The minimum Gasteiger partial charge on any atom is -0.489 e. The first-order valence-electron chi connectivity index (χ1n) is 7.38. The van der Waals surface area contributed by atoms with Crippen LogP contribution in [0.15, 0.2) is 11.1 Å². The van der Waals surface area contributed by atoms with Crippen LogP contribution < -0.4 is 20.5 Å². The van der Waals surface area contributed by atoms with Crippen LogP contribution >= 0.6 is 0 Å². The number of nitrogens with one attached hydrogen (secondary N) is 2. The van der Waals surface area contributed by atoms with Crippen LogP contribution in [0.25, 0.3) is 0 Å². The Labute approximate surface area is 118 Å². The van der Waals surface area contributed by atoms with Crippen molar-refractivity contribution < 1.29 is 4.74 Å². The van der Waals surface area contributed by atoms with E-state index in [9.17, 15) is 4.79 Å². The molecule has 1 saturated heterocycles. The van der Waals surface area contributed by atoms with Gasteiger partial charge in [0.05, 0.1) is 13.4 Å². The highest BCUT2D eigenvalue weighted by Gasteiger charge is 2.26. The lowest BCUT2D eigenvalue weighted by molar-refractivity contribution is 0.371. The number of nitrogens with zero attached hydrogens (tertiary/aromatic N) is 2. The predicted molar refractivity (Wildman–Crippen MR) is 77.4 cm³/mol. The molecule has 0 bridgehead atoms. The summed E-state index contributed by atoms with van der Waals surface area (Å²) >= 11 is 0. The Morgan fingerprint density at radius 1 is 1.40 bits per heavy atom. The molecule has 1 aliphatic heterocycles. The fraction of sp³-hybridized carbons (Fsp3) is 0.714. The minimum absolute atomic E-state index is 0.213. The molecule has 1 saturated carbocycles. The lowest BCUT2D eigenvalue weighted by Gasteiger charge is -2.33. The average molecular weight is 278 g/mol. The highest BCUT2D eigenvalue weighted by Crippen LogP contribution is 2.27. The monoisotopic (exact) mass is 278 g/mol. The Bertz CT molecular complexity index is 504. The highest BCUT2D eigenvalue weighted by atomic mass is 16.5. The predicted octanol–water partition coefficient (Wildman–Crippen LogP) is 0.747. The van der Waals surface area contributed by atoms with Crippen molar-refractivity contribution in [1.82, 2.24) is 15.3 Å². The van der Waals surface area contributed by atoms with Crippen molar-refractivity contribution in [2.45, 2.75) is 31.7 Å². The van der Waals surface area contributed by atoms with E-state index >= 15 is 0 Å². The molecule has 0 radical (unpaired) electrons. The SMILES string of the molecule is COc1c(N2CCC(CNC3CC3)CC2)nc[nH]c1=O. The van der Waals surface area contributed by atoms with E-state index in [4.69, 9.17) is 4.74 Å². The first-order valence-corrected chi connectivity index (χ1v) is 7.38. The van der Waals surface area contributed by atoms with E-state index in [-0.39, 0.29) is 5.56 Å². The average Bonchev–Trinajstić information content (AvgIpc) is 3.30. The van der Waals surface area contributed by atoms with Gasteiger partial charge in [-0.2, -0.15) is 0 Å². The molecular weight excluding hydrogens is 256 g/mol. The molecule has 3 rings (SSSR count). The second-order valence-corrected chi connectivity index (χ2v) is 5.70. The van der Waals surface area contributed by atoms with Crippen LogP contribution in [-0.4, -0.2) is 42.8 Å². The molecule has 2 fully saturated rings. The summed E-state index contributed by atoms with van der Waals surface area (Å²) in [5.74, 6) is 1.73. The topological polar surface area (TPSA) is 70.2 Å². The van der Waals surface area contributed by atoms with Crippen LogP contribution in [-0.2, 0) is 0 Å². The zero-order valence-corrected chi connectivity index (χ0v) is 11.9. The van der Waals surface area contributed by atoms with Gasteiger partial charge < -0.3 is 19.9 Å². The summed E-state index contributed by atoms with van der Waals surface area (Å²) in [7, 11) is 1.52. The van der Waals surface area contributed by atoms with Crippen LogP contribution in [0, 0.1) is 5.92 Å². The van der Waals surface area contributed by atoms with E-state index < -0.39 is 0 Å². The number of aromatic nitrogens is 2. The van der Waals surface area contributed by atoms with Gasteiger partial charge in [0, 0.05) is 19.1 Å². The van der Waals surface area contributed by atoms with Gasteiger partial charge in [-0.3, -0.25) is 4.79 Å². The van der Waals surface area contributed by atoms with Gasteiger partial charge in [0.1, 0.15) is 0 Å². The third kappa shape index (κ3) is 2.95. The van der Waals surface area contributed by atoms with Crippen molar-refractivity contribution in [1.29, 1.82) is 0 Å². The molecule has 1 aliphatic carbocycles. The summed E-state index contributed by atoms with van der Waals surface area (Å²) in [5.41, 5.74) is -0.213. The van der Waals surface area contributed by atoms with Gasteiger partial charge >= 0.3 is 0 Å². The fourth-order valence-corrected chi connectivity index (χ4v) is 2.76. The van der Waals surface area contributed by atoms with Crippen LogP contribution in [0.2, 0.25) is 0 Å². The Morgan fingerprint density at radius 2 is 2.15 bits per heavy atom. The van der Waals surface area contributed by atoms with Crippen LogP contribution in [0.1, 0.15) is 25.7 Å². The Balaban J connectivity index is 1.59. The fourth-order valence-electron chi connectivity index (χ4n) is 2.76. The molecule has 0 amide bonds. The van der Waals surface area contributed by atoms with Gasteiger partial charge in [0.2, 0.25) is 5.75 Å². The number of H-pyrrole nitrogens is 1. The van der Waals surface area contributed by atoms with Crippen LogP contribution in [0.4, 0.5) is 5.82 Å². The Hall–Kier alpha value is -1.56. The van der Waals surface area contributed by atoms with Crippen LogP contribution in [0.3, 0.4) is 0 Å². The number of ether oxygens (including phenoxy) is 1. The van der Waals surface area contributed by atoms with E-state index in [1.807, 2.05) is 0 Å². The molecule has 6 heteroatoms. The molecule has 6 nitrogen and oxygen atoms in total. The number of hydrogen-bond acceptors (Lipinski definition) is 5. The van der Waals surface area contributed by atoms with Crippen molar-refractivity contribution in [2.75, 3.05) is 31.6 Å². The Kier molecular flexibility index (Phi) is 3.91. The summed E-state index contributed by atoms with van der Waals surface area (Å²) in [6.07, 6.45) is 6.40. The smallest absolute Gasteiger partial charge is 0.295 e. The lowest BCUT2D eigenvalue weighted by atomic mass is 9.96. The standard InChI is InChI=1S/C14H22N4O2/c1-20-12-13(16-9-17-14(12)19)18-6-4-10(5-7-18)8-15-11-2-3-11/h9-11,15H,2-8H2,1H3,(H,16,17,19). The summed E-state index contributed by atoms with van der Waals surface area (Å²) in [4.78, 5) is 20.7. The van der Waals surface area contributed by atoms with Crippen molar-refractivity contribution >= 4 is 5.82 Å². The summed E-state index contributed by atoms with van der Waals surface area (Å²) in [5, 5.41) is 3.60. The molecule has 1 aromatic rings. The second-order valence-electron chi connectivity index (χ2n) is 5.70. The van der Waals surface area contributed by atoms with Gasteiger partial charge in [-0.25, -0.2) is 4.98 Å². The van der Waals surface area contributed by atoms with Crippen molar-refractivity contribution in [2.24, 2.45) is 5.92 Å². The minimum atomic E-state index is -0.213. The number of piperidine rings is 1. The lowest BCUT2D eigenvalue weighted by Crippen LogP contribution is -2.38. The molecular formula is C14H22N4O2. The van der Waals surface area contributed by atoms with Gasteiger partial charge in [0.25, 0.3) is 5.56 Å². The molecule has 2 N–H and O–H groups in total. The number of methoxy groups -OCH3 is 1.